The van der Waals surface area contributed by atoms with Gasteiger partial charge >= 0.3 is 0 Å². The number of carbonyl (C=O) groups excluding carboxylic acids is 1. The van der Waals surface area contributed by atoms with E-state index in [0.29, 0.717) is 17.0 Å². The fourth-order valence-electron chi connectivity index (χ4n) is 4.23. The Kier molecular flexibility index (Phi) is 4.72. The van der Waals surface area contributed by atoms with Crippen molar-refractivity contribution in [2.24, 2.45) is 0 Å². The van der Waals surface area contributed by atoms with Crippen molar-refractivity contribution in [1.29, 1.82) is 0 Å². The zero-order valence-corrected chi connectivity index (χ0v) is 16.0. The van der Waals surface area contributed by atoms with E-state index in [1.54, 1.807) is 17.2 Å². The highest BCUT2D eigenvalue weighted by Gasteiger charge is 2.22. The molecule has 3 aromatic rings. The highest BCUT2D eigenvalue weighted by atomic mass is 16.2. The molecule has 6 heteroatoms. The third-order valence-corrected chi connectivity index (χ3v) is 5.63. The zero-order valence-electron chi connectivity index (χ0n) is 16.0. The van der Waals surface area contributed by atoms with Crippen molar-refractivity contribution in [2.75, 3.05) is 13.6 Å². The molecule has 27 heavy (non-hydrogen) atoms. The molecule has 2 aromatic heterocycles. The highest BCUT2D eigenvalue weighted by Crippen LogP contribution is 2.33. The number of carbonyl (C=O) groups is 1. The first-order valence-corrected chi connectivity index (χ1v) is 9.89. The van der Waals surface area contributed by atoms with Gasteiger partial charge in [-0.1, -0.05) is 26.2 Å². The van der Waals surface area contributed by atoms with Gasteiger partial charge in [0.15, 0.2) is 0 Å². The average Bonchev–Trinajstić information content (AvgIpc) is 3.14. The molecule has 142 valence electrons. The first kappa shape index (κ1) is 17.8. The van der Waals surface area contributed by atoms with E-state index in [0.717, 1.165) is 42.7 Å². The molecule has 1 aliphatic rings. The summed E-state index contributed by atoms with van der Waals surface area (Å²) in [7, 11) is 1.82. The van der Waals surface area contributed by atoms with Crippen molar-refractivity contribution in [3.63, 3.8) is 0 Å². The fourth-order valence-corrected chi connectivity index (χ4v) is 4.23. The fraction of sp³-hybridized carbons (Fsp3) is 0.476. The normalized spacial score (nSPS) is 15.5. The predicted molar refractivity (Wildman–Crippen MR) is 106 cm³/mol. The van der Waals surface area contributed by atoms with E-state index in [1.807, 2.05) is 23.6 Å². The summed E-state index contributed by atoms with van der Waals surface area (Å²) < 4.78 is 1.97. The SMILES string of the molecule is CCCN(C)C(=O)c1ccc2[nH]c(=O)c3cnc(C4CCCCC4)n3c2c1. The van der Waals surface area contributed by atoms with Crippen molar-refractivity contribution in [1.82, 2.24) is 19.3 Å². The van der Waals surface area contributed by atoms with Crippen LogP contribution in [0.1, 0.15) is 67.5 Å². The summed E-state index contributed by atoms with van der Waals surface area (Å²) in [6, 6.07) is 5.50. The van der Waals surface area contributed by atoms with E-state index in [2.05, 4.69) is 16.9 Å². The lowest BCUT2D eigenvalue weighted by Gasteiger charge is -2.21. The van der Waals surface area contributed by atoms with Crippen molar-refractivity contribution in [2.45, 2.75) is 51.4 Å². The lowest BCUT2D eigenvalue weighted by molar-refractivity contribution is 0.0795. The van der Waals surface area contributed by atoms with Crippen molar-refractivity contribution in [3.05, 3.63) is 46.1 Å². The van der Waals surface area contributed by atoms with Gasteiger partial charge in [-0.3, -0.25) is 14.0 Å². The Labute approximate surface area is 158 Å². The third kappa shape index (κ3) is 3.13. The van der Waals surface area contributed by atoms with Crippen LogP contribution in [0.25, 0.3) is 16.6 Å². The van der Waals surface area contributed by atoms with Gasteiger partial charge in [-0.05, 0) is 37.5 Å². The number of benzene rings is 1. The van der Waals surface area contributed by atoms with E-state index in [4.69, 9.17) is 0 Å². The molecule has 1 N–H and O–H groups in total. The Hall–Kier alpha value is -2.63. The van der Waals surface area contributed by atoms with E-state index in [9.17, 15) is 9.59 Å². The van der Waals surface area contributed by atoms with Gasteiger partial charge in [-0.15, -0.1) is 0 Å². The Morgan fingerprint density at radius 1 is 1.26 bits per heavy atom. The van der Waals surface area contributed by atoms with Crippen LogP contribution in [-0.2, 0) is 0 Å². The number of aromatic amines is 1. The number of amides is 1. The smallest absolute Gasteiger partial charge is 0.274 e. The second kappa shape index (κ2) is 7.18. The summed E-state index contributed by atoms with van der Waals surface area (Å²) in [6.45, 7) is 2.77. The minimum atomic E-state index is -0.140. The van der Waals surface area contributed by atoms with Gasteiger partial charge in [0.05, 0.1) is 17.2 Å². The molecule has 1 aromatic carbocycles. The van der Waals surface area contributed by atoms with Crippen molar-refractivity contribution in [3.8, 4) is 0 Å². The second-order valence-electron chi connectivity index (χ2n) is 7.58. The number of hydrogen-bond donors (Lipinski definition) is 1. The molecule has 1 amide bonds. The Morgan fingerprint density at radius 3 is 2.78 bits per heavy atom. The molecule has 1 saturated carbocycles. The van der Waals surface area contributed by atoms with E-state index < -0.39 is 0 Å². The van der Waals surface area contributed by atoms with Gasteiger partial charge in [-0.2, -0.15) is 0 Å². The molecular weight excluding hydrogens is 340 g/mol. The summed E-state index contributed by atoms with van der Waals surface area (Å²) in [4.78, 5) is 34.5. The summed E-state index contributed by atoms with van der Waals surface area (Å²) in [6.07, 6.45) is 8.46. The van der Waals surface area contributed by atoms with Crippen LogP contribution in [-0.4, -0.2) is 38.8 Å². The van der Waals surface area contributed by atoms with Gasteiger partial charge < -0.3 is 9.88 Å². The molecule has 0 spiro atoms. The Morgan fingerprint density at radius 2 is 2.04 bits per heavy atom. The molecule has 0 unspecified atom stereocenters. The van der Waals surface area contributed by atoms with Crippen LogP contribution in [0.5, 0.6) is 0 Å². The van der Waals surface area contributed by atoms with Gasteiger partial charge in [-0.25, -0.2) is 4.98 Å². The summed E-state index contributed by atoms with van der Waals surface area (Å²) >= 11 is 0. The molecule has 1 fully saturated rings. The molecule has 0 aliphatic heterocycles. The largest absolute Gasteiger partial charge is 0.342 e. The number of fused-ring (bicyclic) bond motifs is 3. The van der Waals surface area contributed by atoms with Crippen LogP contribution in [0, 0.1) is 0 Å². The molecule has 2 heterocycles. The second-order valence-corrected chi connectivity index (χ2v) is 7.58. The summed E-state index contributed by atoms with van der Waals surface area (Å²) in [5, 5.41) is 0. The van der Waals surface area contributed by atoms with Gasteiger partial charge in [0.2, 0.25) is 0 Å². The van der Waals surface area contributed by atoms with Crippen LogP contribution in [0.4, 0.5) is 0 Å². The van der Waals surface area contributed by atoms with E-state index in [1.165, 1.54) is 19.3 Å². The maximum absolute atomic E-state index is 12.7. The Bertz CT molecular complexity index is 1040. The number of aromatic nitrogens is 3. The average molecular weight is 366 g/mol. The van der Waals surface area contributed by atoms with E-state index >= 15 is 0 Å². The quantitative estimate of drug-likeness (QED) is 0.765. The molecule has 0 saturated heterocycles. The maximum Gasteiger partial charge on any atom is 0.274 e. The van der Waals surface area contributed by atoms with Crippen molar-refractivity contribution < 1.29 is 4.79 Å². The highest BCUT2D eigenvalue weighted by molar-refractivity contribution is 5.97. The molecule has 4 rings (SSSR count). The number of imidazole rings is 1. The molecule has 1 aliphatic carbocycles. The first-order chi connectivity index (χ1) is 13.1. The van der Waals surface area contributed by atoms with Crippen LogP contribution in [0.2, 0.25) is 0 Å². The molecule has 0 atom stereocenters. The lowest BCUT2D eigenvalue weighted by Crippen LogP contribution is -2.27. The number of hydrogen-bond acceptors (Lipinski definition) is 3. The van der Waals surface area contributed by atoms with Gasteiger partial charge in [0.25, 0.3) is 11.5 Å². The van der Waals surface area contributed by atoms with Gasteiger partial charge in [0.1, 0.15) is 11.3 Å². The van der Waals surface area contributed by atoms with Crippen LogP contribution >= 0.6 is 0 Å². The molecule has 0 radical (unpaired) electrons. The topological polar surface area (TPSA) is 70.5 Å². The van der Waals surface area contributed by atoms with Crippen LogP contribution in [0.3, 0.4) is 0 Å². The standard InChI is InChI=1S/C21H26N4O2/c1-3-11-24(2)21(27)15-9-10-16-17(12-15)25-18(20(26)23-16)13-22-19(25)14-7-5-4-6-8-14/h9-10,12-14H,3-8,11H2,1-2H3,(H,23,26). The summed E-state index contributed by atoms with van der Waals surface area (Å²) in [5.74, 6) is 1.32. The zero-order chi connectivity index (χ0) is 19.0. The molecular formula is C21H26N4O2. The number of nitrogens with zero attached hydrogens (tertiary/aromatic N) is 3. The maximum atomic E-state index is 12.7. The predicted octanol–water partition coefficient (Wildman–Crippen LogP) is 3.71. The number of rotatable bonds is 4. The first-order valence-electron chi connectivity index (χ1n) is 9.89. The Balaban J connectivity index is 1.89. The van der Waals surface area contributed by atoms with Crippen LogP contribution < -0.4 is 5.56 Å². The summed E-state index contributed by atoms with van der Waals surface area (Å²) in [5.41, 5.74) is 2.62. The minimum absolute atomic E-state index is 0.00238. The van der Waals surface area contributed by atoms with Crippen LogP contribution in [0.15, 0.2) is 29.2 Å². The molecule has 6 nitrogen and oxygen atoms in total. The van der Waals surface area contributed by atoms with E-state index in [-0.39, 0.29) is 11.5 Å². The molecule has 0 bridgehead atoms. The number of H-pyrrole nitrogens is 1. The number of nitrogens with one attached hydrogen (secondary N) is 1. The minimum Gasteiger partial charge on any atom is -0.342 e. The van der Waals surface area contributed by atoms with Gasteiger partial charge in [0, 0.05) is 25.1 Å². The van der Waals surface area contributed by atoms with Crippen molar-refractivity contribution >= 4 is 22.5 Å². The lowest BCUT2D eigenvalue weighted by atomic mass is 9.88. The third-order valence-electron chi connectivity index (χ3n) is 5.63. The monoisotopic (exact) mass is 366 g/mol.